The molecule has 0 saturated carbocycles. The van der Waals surface area contributed by atoms with Gasteiger partial charge in [-0.2, -0.15) is 0 Å². The van der Waals surface area contributed by atoms with E-state index in [9.17, 15) is 19.2 Å². The van der Waals surface area contributed by atoms with E-state index in [4.69, 9.17) is 27.9 Å². The molecule has 0 radical (unpaired) electrons. The number of thiophene rings is 1. The Kier molecular flexibility index (Phi) is 11.4. The van der Waals surface area contributed by atoms with E-state index in [1.165, 1.54) is 14.7 Å². The van der Waals surface area contributed by atoms with Gasteiger partial charge in [-0.15, -0.1) is 11.3 Å². The Morgan fingerprint density at radius 3 is 2.61 bits per heavy atom. The van der Waals surface area contributed by atoms with Crippen molar-refractivity contribution in [3.63, 3.8) is 0 Å². The highest BCUT2D eigenvalue weighted by Crippen LogP contribution is 2.24. The lowest BCUT2D eigenvalue weighted by atomic mass is 10.0. The number of ether oxygens (including phenoxy) is 1. The number of carbonyl (C=O) groups excluding carboxylic acids is 4. The molecule has 46 heavy (non-hydrogen) atoms. The Morgan fingerprint density at radius 2 is 1.85 bits per heavy atom. The van der Waals surface area contributed by atoms with Crippen molar-refractivity contribution >= 4 is 69.1 Å². The number of nitrogens with one attached hydrogen (secondary N) is 1. The van der Waals surface area contributed by atoms with Crippen LogP contribution in [0.5, 0.6) is 0 Å². The number of hydrogen-bond acceptors (Lipinski definition) is 6. The first kappa shape index (κ1) is 33.5. The molecule has 1 saturated heterocycles. The largest absolute Gasteiger partial charge is 0.465 e. The monoisotopic (exact) mass is 682 g/mol. The number of fused-ring (bicyclic) bond motifs is 1. The molecule has 3 amide bonds. The van der Waals surface area contributed by atoms with E-state index in [0.29, 0.717) is 35.9 Å². The van der Waals surface area contributed by atoms with Gasteiger partial charge in [0, 0.05) is 51.7 Å². The zero-order valence-corrected chi connectivity index (χ0v) is 27.9. The van der Waals surface area contributed by atoms with Gasteiger partial charge in [0.15, 0.2) is 0 Å². The number of benzene rings is 2. The van der Waals surface area contributed by atoms with Crippen molar-refractivity contribution < 1.29 is 23.9 Å². The highest BCUT2D eigenvalue weighted by atomic mass is 35.5. The van der Waals surface area contributed by atoms with Crippen molar-refractivity contribution in [2.45, 2.75) is 38.6 Å². The Labute approximate surface area is 282 Å². The van der Waals surface area contributed by atoms with Crippen molar-refractivity contribution in [1.29, 1.82) is 0 Å². The fourth-order valence-corrected chi connectivity index (χ4v) is 6.93. The van der Waals surface area contributed by atoms with Gasteiger partial charge in [0.25, 0.3) is 0 Å². The van der Waals surface area contributed by atoms with Crippen LogP contribution in [0.15, 0.2) is 66.2 Å². The molecule has 1 aliphatic heterocycles. The first-order chi connectivity index (χ1) is 22.2. The van der Waals surface area contributed by atoms with Gasteiger partial charge in [-0.25, -0.2) is 0 Å². The maximum absolute atomic E-state index is 14.0. The summed E-state index contributed by atoms with van der Waals surface area (Å²) in [4.78, 5) is 62.8. The summed E-state index contributed by atoms with van der Waals surface area (Å²) in [6.45, 7) is 2.34. The fraction of sp³-hybridized carbons (Fsp3) is 0.353. The standard InChI is InChI=1S/C34H36Cl2N4O5S/c1-2-45-33(43)22-38(14-12-24-20-37-29-8-4-3-7-27(24)29)31(41)19-30-34(44)39(15-11-23-9-10-25(35)18-28(23)36)21-32(42)40(30)16-13-26-6-5-17-46-26/h3-10,17-18,20,30,37H,2,11-16,19,21-22H2,1H3. The van der Waals surface area contributed by atoms with Crippen molar-refractivity contribution in [2.24, 2.45) is 0 Å². The molecular formula is C34H36Cl2N4O5S. The van der Waals surface area contributed by atoms with Crippen LogP contribution >= 0.6 is 34.5 Å². The van der Waals surface area contributed by atoms with E-state index in [1.54, 1.807) is 36.5 Å². The molecule has 4 aromatic rings. The molecule has 1 fully saturated rings. The summed E-state index contributed by atoms with van der Waals surface area (Å²) in [6, 6.07) is 16.0. The quantitative estimate of drug-likeness (QED) is 0.180. The maximum Gasteiger partial charge on any atom is 0.325 e. The number of carbonyl (C=O) groups is 4. The lowest BCUT2D eigenvalue weighted by Gasteiger charge is -2.40. The summed E-state index contributed by atoms with van der Waals surface area (Å²) in [6.07, 6.45) is 3.13. The second-order valence-corrected chi connectivity index (χ2v) is 13.0. The van der Waals surface area contributed by atoms with Crippen LogP contribution in [0.2, 0.25) is 10.0 Å². The lowest BCUT2D eigenvalue weighted by molar-refractivity contribution is -0.158. The van der Waals surface area contributed by atoms with Crippen LogP contribution in [0.3, 0.4) is 0 Å². The van der Waals surface area contributed by atoms with Gasteiger partial charge in [-0.3, -0.25) is 19.2 Å². The van der Waals surface area contributed by atoms with Crippen molar-refractivity contribution in [2.75, 3.05) is 39.3 Å². The molecule has 3 heterocycles. The number of rotatable bonds is 14. The van der Waals surface area contributed by atoms with E-state index in [-0.39, 0.29) is 51.0 Å². The molecule has 0 spiro atoms. The highest BCUT2D eigenvalue weighted by Gasteiger charge is 2.41. The number of amides is 3. The van der Waals surface area contributed by atoms with Gasteiger partial charge < -0.3 is 24.4 Å². The minimum Gasteiger partial charge on any atom is -0.465 e. The molecule has 12 heteroatoms. The Bertz CT molecular complexity index is 1690. The molecule has 0 aliphatic carbocycles. The first-order valence-electron chi connectivity index (χ1n) is 15.3. The van der Waals surface area contributed by atoms with Crippen LogP contribution in [0, 0.1) is 0 Å². The third-order valence-corrected chi connectivity index (χ3v) is 9.66. The van der Waals surface area contributed by atoms with Crippen LogP contribution in [-0.4, -0.2) is 88.7 Å². The highest BCUT2D eigenvalue weighted by molar-refractivity contribution is 7.09. The Hall–Kier alpha value is -3.86. The fourth-order valence-electron chi connectivity index (χ4n) is 5.73. The van der Waals surface area contributed by atoms with Crippen LogP contribution in [0.25, 0.3) is 10.9 Å². The molecule has 2 aromatic heterocycles. The second kappa shape index (κ2) is 15.6. The Balaban J connectivity index is 1.35. The number of aromatic amines is 1. The average molecular weight is 684 g/mol. The zero-order chi connectivity index (χ0) is 32.6. The van der Waals surface area contributed by atoms with Gasteiger partial charge in [-0.05, 0) is 67.0 Å². The number of para-hydroxylation sites is 1. The maximum atomic E-state index is 14.0. The van der Waals surface area contributed by atoms with Crippen molar-refractivity contribution in [3.05, 3.63) is 92.2 Å². The molecule has 1 unspecified atom stereocenters. The third kappa shape index (κ3) is 8.29. The number of piperazine rings is 1. The summed E-state index contributed by atoms with van der Waals surface area (Å²) in [7, 11) is 0. The predicted octanol–water partition coefficient (Wildman–Crippen LogP) is 5.39. The first-order valence-corrected chi connectivity index (χ1v) is 16.9. The van der Waals surface area contributed by atoms with E-state index < -0.39 is 17.9 Å². The SMILES string of the molecule is CCOC(=O)CN(CCc1c[nH]c2ccccc12)C(=O)CC1C(=O)N(CCc2ccc(Cl)cc2Cl)CC(=O)N1CCc1cccs1. The minimum atomic E-state index is -1.01. The summed E-state index contributed by atoms with van der Waals surface area (Å²) < 4.78 is 5.17. The second-order valence-electron chi connectivity index (χ2n) is 11.1. The number of hydrogen-bond donors (Lipinski definition) is 1. The summed E-state index contributed by atoms with van der Waals surface area (Å²) in [5, 5.41) is 3.99. The minimum absolute atomic E-state index is 0.0910. The van der Waals surface area contributed by atoms with Gasteiger partial charge >= 0.3 is 5.97 Å². The van der Waals surface area contributed by atoms with Gasteiger partial charge in [0.2, 0.25) is 17.7 Å². The van der Waals surface area contributed by atoms with E-state index in [0.717, 1.165) is 26.9 Å². The number of nitrogens with zero attached hydrogens (tertiary/aromatic N) is 3. The Morgan fingerprint density at radius 1 is 1.02 bits per heavy atom. The molecular weight excluding hydrogens is 647 g/mol. The molecule has 1 aliphatic rings. The summed E-state index contributed by atoms with van der Waals surface area (Å²) in [5.41, 5.74) is 2.79. The molecule has 1 atom stereocenters. The van der Waals surface area contributed by atoms with Crippen LogP contribution in [0.4, 0.5) is 0 Å². The predicted molar refractivity (Wildman–Crippen MR) is 180 cm³/mol. The normalized spacial score (nSPS) is 15.1. The van der Waals surface area contributed by atoms with Crippen LogP contribution in [-0.2, 0) is 43.2 Å². The van der Waals surface area contributed by atoms with Crippen molar-refractivity contribution in [1.82, 2.24) is 19.7 Å². The van der Waals surface area contributed by atoms with Crippen LogP contribution < -0.4 is 0 Å². The third-order valence-electron chi connectivity index (χ3n) is 8.14. The van der Waals surface area contributed by atoms with E-state index >= 15 is 0 Å². The van der Waals surface area contributed by atoms with Gasteiger partial charge in [-0.1, -0.05) is 53.5 Å². The molecule has 242 valence electrons. The zero-order valence-electron chi connectivity index (χ0n) is 25.5. The van der Waals surface area contributed by atoms with Gasteiger partial charge in [0.1, 0.15) is 12.6 Å². The smallest absolute Gasteiger partial charge is 0.325 e. The lowest BCUT2D eigenvalue weighted by Crippen LogP contribution is -2.61. The molecule has 5 rings (SSSR count). The van der Waals surface area contributed by atoms with Crippen molar-refractivity contribution in [3.8, 4) is 0 Å². The van der Waals surface area contributed by atoms with E-state index in [2.05, 4.69) is 4.98 Å². The topological polar surface area (TPSA) is 103 Å². The number of esters is 1. The number of aromatic nitrogens is 1. The molecule has 1 N–H and O–H groups in total. The van der Waals surface area contributed by atoms with Gasteiger partial charge in [0.05, 0.1) is 19.6 Å². The summed E-state index contributed by atoms with van der Waals surface area (Å²) >= 11 is 14.0. The summed E-state index contributed by atoms with van der Waals surface area (Å²) in [5.74, 6) is -1.47. The molecule has 2 aromatic carbocycles. The average Bonchev–Trinajstić information content (AvgIpc) is 3.71. The van der Waals surface area contributed by atoms with E-state index in [1.807, 2.05) is 48.0 Å². The number of halogens is 2. The van der Waals surface area contributed by atoms with Crippen LogP contribution in [0.1, 0.15) is 29.3 Å². The number of H-pyrrole nitrogens is 1. The molecule has 9 nitrogen and oxygen atoms in total. The molecule has 0 bridgehead atoms.